The van der Waals surface area contributed by atoms with E-state index in [1.54, 1.807) is 0 Å². The molecule has 4 N–H and O–H groups in total. The van der Waals surface area contributed by atoms with Gasteiger partial charge in [0.05, 0.1) is 6.04 Å². The quantitative estimate of drug-likeness (QED) is 0.694. The maximum atomic E-state index is 5.93. The SMILES string of the molecule is Nc1cccc(C2CCNc3c4c(nn32)NCCC4)c1. The second-order valence-electron chi connectivity index (χ2n) is 5.55. The summed E-state index contributed by atoms with van der Waals surface area (Å²) in [5, 5.41) is 11.7. The molecule has 1 aromatic carbocycles. The van der Waals surface area contributed by atoms with Crippen LogP contribution in [0.1, 0.15) is 30.0 Å². The minimum Gasteiger partial charge on any atom is -0.399 e. The van der Waals surface area contributed by atoms with Crippen LogP contribution in [0.3, 0.4) is 0 Å². The van der Waals surface area contributed by atoms with Crippen LogP contribution in [-0.2, 0) is 6.42 Å². The Hall–Kier alpha value is -2.17. The maximum Gasteiger partial charge on any atom is 0.153 e. The van der Waals surface area contributed by atoms with E-state index in [0.717, 1.165) is 37.4 Å². The van der Waals surface area contributed by atoms with E-state index in [1.165, 1.54) is 23.4 Å². The van der Waals surface area contributed by atoms with Gasteiger partial charge in [-0.15, -0.1) is 0 Å². The van der Waals surface area contributed by atoms with Crippen molar-refractivity contribution in [1.29, 1.82) is 0 Å². The number of nitrogen functional groups attached to an aromatic ring is 1. The summed E-state index contributed by atoms with van der Waals surface area (Å²) in [5.41, 5.74) is 9.32. The molecule has 2 aliphatic rings. The number of nitrogens with zero attached hydrogens (tertiary/aromatic N) is 2. The summed E-state index contributed by atoms with van der Waals surface area (Å²) in [5.74, 6) is 2.24. The number of fused-ring (bicyclic) bond motifs is 3. The first-order valence-electron chi connectivity index (χ1n) is 7.27. The first-order chi connectivity index (χ1) is 9.83. The summed E-state index contributed by atoms with van der Waals surface area (Å²) in [6.07, 6.45) is 3.32. The van der Waals surface area contributed by atoms with Gasteiger partial charge in [0, 0.05) is 24.3 Å². The zero-order valence-corrected chi connectivity index (χ0v) is 11.4. The predicted molar refractivity (Wildman–Crippen MR) is 81.1 cm³/mol. The Bertz CT molecular complexity index is 646. The van der Waals surface area contributed by atoms with Crippen molar-refractivity contribution in [2.24, 2.45) is 0 Å². The molecule has 2 aromatic rings. The fourth-order valence-corrected chi connectivity index (χ4v) is 3.26. The van der Waals surface area contributed by atoms with Gasteiger partial charge in [0.25, 0.3) is 0 Å². The van der Waals surface area contributed by atoms with Crippen molar-refractivity contribution in [2.75, 3.05) is 29.5 Å². The lowest BCUT2D eigenvalue weighted by Gasteiger charge is -2.26. The number of anilines is 3. The zero-order valence-electron chi connectivity index (χ0n) is 11.4. The molecular formula is C15H19N5. The van der Waals surface area contributed by atoms with E-state index < -0.39 is 0 Å². The average molecular weight is 269 g/mol. The molecule has 0 fully saturated rings. The number of nitrogens with one attached hydrogen (secondary N) is 2. The van der Waals surface area contributed by atoms with Gasteiger partial charge in [0.15, 0.2) is 5.82 Å². The van der Waals surface area contributed by atoms with Gasteiger partial charge >= 0.3 is 0 Å². The minimum atomic E-state index is 0.280. The fraction of sp³-hybridized carbons (Fsp3) is 0.400. The van der Waals surface area contributed by atoms with Crippen LogP contribution in [0.15, 0.2) is 24.3 Å². The molecule has 0 spiro atoms. The van der Waals surface area contributed by atoms with Gasteiger partial charge in [0.2, 0.25) is 0 Å². The molecule has 0 aliphatic carbocycles. The Morgan fingerprint density at radius 3 is 3.10 bits per heavy atom. The number of nitrogens with two attached hydrogens (primary N) is 1. The van der Waals surface area contributed by atoms with E-state index in [1.807, 2.05) is 12.1 Å². The molecule has 0 amide bonds. The first-order valence-corrected chi connectivity index (χ1v) is 7.27. The van der Waals surface area contributed by atoms with Crippen molar-refractivity contribution in [3.8, 4) is 0 Å². The largest absolute Gasteiger partial charge is 0.399 e. The summed E-state index contributed by atoms with van der Waals surface area (Å²) in [6.45, 7) is 2.00. The third kappa shape index (κ3) is 1.73. The lowest BCUT2D eigenvalue weighted by molar-refractivity contribution is 0.483. The molecule has 20 heavy (non-hydrogen) atoms. The molecule has 1 atom stereocenters. The van der Waals surface area contributed by atoms with Crippen LogP contribution < -0.4 is 16.4 Å². The van der Waals surface area contributed by atoms with Crippen molar-refractivity contribution in [3.63, 3.8) is 0 Å². The fourth-order valence-electron chi connectivity index (χ4n) is 3.26. The summed E-state index contributed by atoms with van der Waals surface area (Å²) in [6, 6.07) is 8.44. The highest BCUT2D eigenvalue weighted by atomic mass is 15.4. The highest BCUT2D eigenvalue weighted by Gasteiger charge is 2.28. The number of benzene rings is 1. The molecule has 5 heteroatoms. The van der Waals surface area contributed by atoms with E-state index in [-0.39, 0.29) is 6.04 Å². The van der Waals surface area contributed by atoms with Gasteiger partial charge in [0.1, 0.15) is 5.82 Å². The topological polar surface area (TPSA) is 67.9 Å². The second-order valence-corrected chi connectivity index (χ2v) is 5.55. The van der Waals surface area contributed by atoms with Crippen LogP contribution in [0.5, 0.6) is 0 Å². The van der Waals surface area contributed by atoms with Crippen LogP contribution >= 0.6 is 0 Å². The van der Waals surface area contributed by atoms with E-state index in [9.17, 15) is 0 Å². The Labute approximate surface area is 118 Å². The smallest absolute Gasteiger partial charge is 0.153 e. The number of hydrogen-bond donors (Lipinski definition) is 3. The monoisotopic (exact) mass is 269 g/mol. The van der Waals surface area contributed by atoms with Gasteiger partial charge in [-0.2, -0.15) is 5.10 Å². The number of aromatic nitrogens is 2. The lowest BCUT2D eigenvalue weighted by Crippen LogP contribution is -2.24. The van der Waals surface area contributed by atoms with E-state index >= 15 is 0 Å². The summed E-state index contributed by atoms with van der Waals surface area (Å²) >= 11 is 0. The Morgan fingerprint density at radius 2 is 2.20 bits per heavy atom. The highest BCUT2D eigenvalue weighted by molar-refractivity contribution is 5.62. The van der Waals surface area contributed by atoms with Gasteiger partial charge in [-0.1, -0.05) is 12.1 Å². The van der Waals surface area contributed by atoms with Crippen molar-refractivity contribution in [3.05, 3.63) is 35.4 Å². The van der Waals surface area contributed by atoms with Crippen molar-refractivity contribution >= 4 is 17.3 Å². The molecule has 0 saturated carbocycles. The van der Waals surface area contributed by atoms with Crippen LogP contribution in [0.25, 0.3) is 0 Å². The predicted octanol–water partition coefficient (Wildman–Crippen LogP) is 2.23. The summed E-state index contributed by atoms with van der Waals surface area (Å²) in [4.78, 5) is 0. The lowest BCUT2D eigenvalue weighted by atomic mass is 10.0. The average Bonchev–Trinajstić information content (AvgIpc) is 2.86. The number of rotatable bonds is 1. The van der Waals surface area contributed by atoms with Gasteiger partial charge in [-0.3, -0.25) is 0 Å². The molecule has 5 nitrogen and oxygen atoms in total. The Kier molecular flexibility index (Phi) is 2.58. The van der Waals surface area contributed by atoms with E-state index in [4.69, 9.17) is 10.8 Å². The maximum absolute atomic E-state index is 5.93. The molecule has 0 saturated heterocycles. The van der Waals surface area contributed by atoms with Crippen molar-refractivity contribution < 1.29 is 0 Å². The molecule has 4 rings (SSSR count). The van der Waals surface area contributed by atoms with E-state index in [0.29, 0.717) is 0 Å². The molecule has 104 valence electrons. The second kappa shape index (κ2) is 4.44. The minimum absolute atomic E-state index is 0.280. The van der Waals surface area contributed by atoms with Gasteiger partial charge in [-0.05, 0) is 37.0 Å². The van der Waals surface area contributed by atoms with Crippen molar-refractivity contribution in [2.45, 2.75) is 25.3 Å². The third-order valence-corrected chi connectivity index (χ3v) is 4.21. The van der Waals surface area contributed by atoms with Crippen LogP contribution in [0.2, 0.25) is 0 Å². The normalized spacial score (nSPS) is 20.5. The standard InChI is InChI=1S/C15H19N5/c16-11-4-1-3-10(9-11)13-6-8-18-15-12-5-2-7-17-14(12)19-20(13)15/h1,3-4,9,13,18H,2,5-8,16H2,(H,17,19). The summed E-state index contributed by atoms with van der Waals surface area (Å²) in [7, 11) is 0. The third-order valence-electron chi connectivity index (χ3n) is 4.21. The van der Waals surface area contributed by atoms with Crippen LogP contribution in [0.4, 0.5) is 17.3 Å². The molecular weight excluding hydrogens is 250 g/mol. The molecule has 0 bridgehead atoms. The Morgan fingerprint density at radius 1 is 1.25 bits per heavy atom. The molecule has 1 unspecified atom stereocenters. The van der Waals surface area contributed by atoms with Gasteiger partial charge < -0.3 is 16.4 Å². The molecule has 1 aromatic heterocycles. The van der Waals surface area contributed by atoms with Crippen LogP contribution in [-0.4, -0.2) is 22.9 Å². The number of hydrogen-bond acceptors (Lipinski definition) is 4. The highest BCUT2D eigenvalue weighted by Crippen LogP contribution is 2.37. The van der Waals surface area contributed by atoms with E-state index in [2.05, 4.69) is 27.4 Å². The molecule has 0 radical (unpaired) electrons. The summed E-state index contributed by atoms with van der Waals surface area (Å²) < 4.78 is 2.14. The Balaban J connectivity index is 1.80. The van der Waals surface area contributed by atoms with Gasteiger partial charge in [-0.25, -0.2) is 4.68 Å². The molecule has 3 heterocycles. The van der Waals surface area contributed by atoms with Crippen molar-refractivity contribution in [1.82, 2.24) is 9.78 Å². The zero-order chi connectivity index (χ0) is 13.5. The first kappa shape index (κ1) is 11.6. The van der Waals surface area contributed by atoms with Crippen LogP contribution in [0, 0.1) is 0 Å². The molecule has 2 aliphatic heterocycles.